The Balaban J connectivity index is 3.17. The number of nitrogens with zero attached hydrogens (tertiary/aromatic N) is 2. The summed E-state index contributed by atoms with van der Waals surface area (Å²) >= 11 is 0. The van der Waals surface area contributed by atoms with Crippen LogP contribution in [0.2, 0.25) is 0 Å². The molecule has 8 atom stereocenters. The van der Waals surface area contributed by atoms with Crippen LogP contribution in [0.25, 0.3) is 0 Å². The molecular formula is C36H64N12O10. The van der Waals surface area contributed by atoms with E-state index < -0.39 is 101 Å². The topological polar surface area (TPSA) is 380 Å². The van der Waals surface area contributed by atoms with Crippen LogP contribution in [0.4, 0.5) is 0 Å². The number of carboxylic acid groups (broad SMARTS) is 1. The van der Waals surface area contributed by atoms with Gasteiger partial charge in [-0.05, 0) is 63.7 Å². The minimum atomic E-state index is -1.40. The molecule has 1 aliphatic rings. The van der Waals surface area contributed by atoms with Gasteiger partial charge in [0.2, 0.25) is 47.3 Å². The highest BCUT2D eigenvalue weighted by molar-refractivity contribution is 5.97. The molecule has 22 nitrogen and oxygen atoms in total. The van der Waals surface area contributed by atoms with Crippen LogP contribution < -0.4 is 55.3 Å². The van der Waals surface area contributed by atoms with Gasteiger partial charge in [0.15, 0.2) is 5.96 Å². The quantitative estimate of drug-likeness (QED) is 0.0230. The lowest BCUT2D eigenvalue weighted by Crippen LogP contribution is -2.60. The number of hydrogen-bond donors (Lipinski definition) is 11. The number of nitrogens with two attached hydrogens (primary N) is 5. The molecule has 0 aromatic rings. The molecule has 16 N–H and O–H groups in total. The number of primary amides is 2. The fourth-order valence-electron chi connectivity index (χ4n) is 6.09. The van der Waals surface area contributed by atoms with Crippen molar-refractivity contribution in [2.75, 3.05) is 13.1 Å². The standard InChI is InChI=1S/C36H64N12O10/c1-6-19(4)28(34(56)48-16-8-10-25(48)33(55)45-23(35(57)58)9-7-15-42-36(40)41)47-31(53)22(12-14-27(39)50)44-29(51)20(5)43-32(54)24(17-18(2)3)46-30(52)21(37)11-13-26(38)49/h18-25,28H,6-17,37H2,1-5H3,(H2,38,49)(H2,39,50)(H,43,54)(H,44,51)(H,45,55)(H,46,52)(H,47,53)(H,57,58)(H4,40,41,42)/t19-,20-,21-,22-,23-,24-,25-,28-/m0/s1. The van der Waals surface area contributed by atoms with Crippen molar-refractivity contribution in [1.82, 2.24) is 31.5 Å². The molecule has 8 amide bonds. The van der Waals surface area contributed by atoms with Crippen LogP contribution in [0.15, 0.2) is 4.99 Å². The average Bonchev–Trinajstić information content (AvgIpc) is 3.64. The molecule has 58 heavy (non-hydrogen) atoms. The first kappa shape index (κ1) is 50.5. The molecule has 0 bridgehead atoms. The molecule has 1 heterocycles. The summed E-state index contributed by atoms with van der Waals surface area (Å²) in [5.74, 6) is -7.80. The Morgan fingerprint density at radius 3 is 1.88 bits per heavy atom. The third-order valence-corrected chi connectivity index (χ3v) is 9.62. The van der Waals surface area contributed by atoms with E-state index in [9.17, 15) is 48.3 Å². The van der Waals surface area contributed by atoms with Crippen LogP contribution in [0, 0.1) is 11.8 Å². The molecule has 0 unspecified atom stereocenters. The lowest BCUT2D eigenvalue weighted by atomic mass is 9.96. The molecule has 0 aromatic heterocycles. The molecule has 1 rings (SSSR count). The number of hydrogen-bond acceptors (Lipinski definition) is 11. The van der Waals surface area contributed by atoms with Gasteiger partial charge in [0.25, 0.3) is 0 Å². The van der Waals surface area contributed by atoms with Crippen LogP contribution >= 0.6 is 0 Å². The minimum absolute atomic E-state index is 0.0221. The summed E-state index contributed by atoms with van der Waals surface area (Å²) in [6.07, 6.45) is 0.751. The Labute approximate surface area is 338 Å². The number of carbonyl (C=O) groups is 9. The van der Waals surface area contributed by atoms with E-state index in [4.69, 9.17) is 28.7 Å². The number of aliphatic carboxylic acids is 1. The van der Waals surface area contributed by atoms with Crippen molar-refractivity contribution in [3.05, 3.63) is 0 Å². The largest absolute Gasteiger partial charge is 0.480 e. The zero-order valence-electron chi connectivity index (χ0n) is 34.1. The number of likely N-dealkylation sites (tertiary alicyclic amines) is 1. The SMILES string of the molecule is CC[C@H](C)[C@H](NC(=O)[C@H](CCC(N)=O)NC(=O)[C@H](C)NC(=O)[C@H](CC(C)C)NC(=O)[C@@H](N)CCC(N)=O)C(=O)N1CCC[C@H]1C(=O)N[C@@H](CCCN=C(N)N)C(=O)O. The summed E-state index contributed by atoms with van der Waals surface area (Å²) in [4.78, 5) is 120. The van der Waals surface area contributed by atoms with E-state index in [1.54, 1.807) is 13.8 Å². The lowest BCUT2D eigenvalue weighted by molar-refractivity contribution is -0.145. The summed E-state index contributed by atoms with van der Waals surface area (Å²) in [7, 11) is 0. The molecule has 1 aliphatic heterocycles. The van der Waals surface area contributed by atoms with E-state index in [1.165, 1.54) is 11.8 Å². The predicted octanol–water partition coefficient (Wildman–Crippen LogP) is -3.49. The number of nitrogens with one attached hydrogen (secondary N) is 5. The lowest BCUT2D eigenvalue weighted by Gasteiger charge is -2.33. The second-order valence-corrected chi connectivity index (χ2v) is 15.0. The molecular weight excluding hydrogens is 760 g/mol. The van der Waals surface area contributed by atoms with Gasteiger partial charge in [-0.2, -0.15) is 0 Å². The van der Waals surface area contributed by atoms with Gasteiger partial charge in [0, 0.05) is 25.9 Å². The molecule has 22 heteroatoms. The van der Waals surface area contributed by atoms with Gasteiger partial charge < -0.3 is 65.3 Å². The van der Waals surface area contributed by atoms with Crippen LogP contribution in [0.5, 0.6) is 0 Å². The Kier molecular flexibility index (Phi) is 21.7. The minimum Gasteiger partial charge on any atom is -0.480 e. The molecule has 1 saturated heterocycles. The van der Waals surface area contributed by atoms with E-state index in [0.717, 1.165) is 0 Å². The first-order valence-electron chi connectivity index (χ1n) is 19.5. The zero-order valence-corrected chi connectivity index (χ0v) is 34.1. The van der Waals surface area contributed by atoms with Gasteiger partial charge in [-0.25, -0.2) is 4.79 Å². The van der Waals surface area contributed by atoms with Crippen molar-refractivity contribution in [2.45, 2.75) is 141 Å². The van der Waals surface area contributed by atoms with Crippen molar-refractivity contribution in [3.8, 4) is 0 Å². The highest BCUT2D eigenvalue weighted by Crippen LogP contribution is 2.22. The van der Waals surface area contributed by atoms with Crippen molar-refractivity contribution < 1.29 is 48.3 Å². The third kappa shape index (κ3) is 17.7. The molecule has 0 aliphatic carbocycles. The van der Waals surface area contributed by atoms with Crippen LogP contribution in [0.1, 0.15) is 98.8 Å². The number of aliphatic imine (C=N–C) groups is 1. The molecule has 328 valence electrons. The third-order valence-electron chi connectivity index (χ3n) is 9.62. The van der Waals surface area contributed by atoms with Crippen LogP contribution in [-0.4, -0.2) is 125 Å². The van der Waals surface area contributed by atoms with Crippen molar-refractivity contribution in [3.63, 3.8) is 0 Å². The highest BCUT2D eigenvalue weighted by Gasteiger charge is 2.41. The zero-order chi connectivity index (χ0) is 44.3. The maximum atomic E-state index is 14.1. The number of amides is 8. The van der Waals surface area contributed by atoms with E-state index >= 15 is 0 Å². The number of carbonyl (C=O) groups excluding carboxylic acids is 8. The molecule has 0 saturated carbocycles. The summed E-state index contributed by atoms with van der Waals surface area (Å²) in [6, 6.07) is -8.39. The van der Waals surface area contributed by atoms with Crippen molar-refractivity contribution in [2.24, 2.45) is 45.5 Å². The first-order valence-corrected chi connectivity index (χ1v) is 19.5. The van der Waals surface area contributed by atoms with E-state index in [-0.39, 0.29) is 76.3 Å². The molecule has 1 fully saturated rings. The fraction of sp³-hybridized carbons (Fsp3) is 0.722. The Hall–Kier alpha value is -5.54. The number of rotatable bonds is 26. The van der Waals surface area contributed by atoms with Gasteiger partial charge in [-0.1, -0.05) is 34.1 Å². The van der Waals surface area contributed by atoms with E-state index in [1.807, 2.05) is 13.8 Å². The van der Waals surface area contributed by atoms with Gasteiger partial charge in [0.05, 0.1) is 6.04 Å². The second-order valence-electron chi connectivity index (χ2n) is 15.0. The van der Waals surface area contributed by atoms with Crippen molar-refractivity contribution in [1.29, 1.82) is 0 Å². The van der Waals surface area contributed by atoms with Gasteiger partial charge in [-0.3, -0.25) is 43.3 Å². The molecule has 0 spiro atoms. The maximum Gasteiger partial charge on any atom is 0.326 e. The Bertz CT molecular complexity index is 1500. The number of guanidine groups is 1. The highest BCUT2D eigenvalue weighted by atomic mass is 16.4. The smallest absolute Gasteiger partial charge is 0.326 e. The van der Waals surface area contributed by atoms with Gasteiger partial charge in [-0.15, -0.1) is 0 Å². The summed E-state index contributed by atoms with van der Waals surface area (Å²) < 4.78 is 0. The van der Waals surface area contributed by atoms with Crippen LogP contribution in [-0.2, 0) is 43.2 Å². The maximum absolute atomic E-state index is 14.1. The van der Waals surface area contributed by atoms with Gasteiger partial charge >= 0.3 is 5.97 Å². The summed E-state index contributed by atoms with van der Waals surface area (Å²) in [6.45, 7) is 8.75. The molecule has 0 aromatic carbocycles. The first-order chi connectivity index (χ1) is 27.1. The second kappa shape index (κ2) is 25.0. The van der Waals surface area contributed by atoms with Gasteiger partial charge in [0.1, 0.15) is 36.3 Å². The number of carboxylic acids is 1. The fourth-order valence-corrected chi connectivity index (χ4v) is 6.09. The Morgan fingerprint density at radius 2 is 1.33 bits per heavy atom. The molecule has 0 radical (unpaired) electrons. The monoisotopic (exact) mass is 824 g/mol. The average molecular weight is 825 g/mol. The van der Waals surface area contributed by atoms with E-state index in [2.05, 4.69) is 31.6 Å². The summed E-state index contributed by atoms with van der Waals surface area (Å²) in [5.41, 5.74) is 27.0. The van der Waals surface area contributed by atoms with E-state index in [0.29, 0.717) is 12.8 Å². The normalized spacial score (nSPS) is 17.3. The summed E-state index contributed by atoms with van der Waals surface area (Å²) in [5, 5.41) is 22.4. The van der Waals surface area contributed by atoms with Crippen LogP contribution in [0.3, 0.4) is 0 Å². The van der Waals surface area contributed by atoms with Crippen molar-refractivity contribution >= 4 is 59.2 Å². The Morgan fingerprint density at radius 1 is 0.741 bits per heavy atom. The predicted molar refractivity (Wildman–Crippen MR) is 211 cm³/mol.